The van der Waals surface area contributed by atoms with Gasteiger partial charge in [0.15, 0.2) is 0 Å². The molecule has 0 aliphatic heterocycles. The van der Waals surface area contributed by atoms with Crippen LogP contribution in [0, 0.1) is 17.8 Å². The van der Waals surface area contributed by atoms with Crippen LogP contribution in [0.2, 0.25) is 0 Å². The number of esters is 3. The van der Waals surface area contributed by atoms with Gasteiger partial charge in [-0.25, -0.2) is 0 Å². The molecule has 1 fully saturated rings. The second kappa shape index (κ2) is 8.64. The van der Waals surface area contributed by atoms with Crippen LogP contribution in [0.3, 0.4) is 0 Å². The van der Waals surface area contributed by atoms with E-state index in [1.54, 1.807) is 0 Å². The van der Waals surface area contributed by atoms with Crippen LogP contribution in [-0.4, -0.2) is 37.7 Å². The monoisotopic (exact) mass is 300 g/mol. The predicted octanol–water partition coefficient (Wildman–Crippen LogP) is 1.71. The Morgan fingerprint density at radius 2 is 0.905 bits per heavy atom. The standard InChI is InChI=1S/C15H24O6/c1-10(16)19-7-13-4-14(8-20-11(2)17)6-15(5-13)9-21-12(3)18/h13-15H,4-9H2,1-3H3. The molecule has 21 heavy (non-hydrogen) atoms. The average Bonchev–Trinajstić information content (AvgIpc) is 2.40. The van der Waals surface area contributed by atoms with Gasteiger partial charge in [0, 0.05) is 20.8 Å². The van der Waals surface area contributed by atoms with Gasteiger partial charge in [-0.2, -0.15) is 0 Å². The maximum atomic E-state index is 10.9. The van der Waals surface area contributed by atoms with Crippen molar-refractivity contribution in [3.8, 4) is 0 Å². The third-order valence-electron chi connectivity index (χ3n) is 3.57. The largest absolute Gasteiger partial charge is 0.466 e. The molecule has 0 aromatic rings. The van der Waals surface area contributed by atoms with Crippen LogP contribution >= 0.6 is 0 Å². The molecule has 1 aliphatic carbocycles. The summed E-state index contributed by atoms with van der Waals surface area (Å²) in [5.41, 5.74) is 0. The van der Waals surface area contributed by atoms with Crippen LogP contribution in [-0.2, 0) is 28.6 Å². The summed E-state index contributed by atoms with van der Waals surface area (Å²) in [6, 6.07) is 0. The molecule has 0 saturated heterocycles. The second-order valence-corrected chi connectivity index (χ2v) is 5.71. The quantitative estimate of drug-likeness (QED) is 0.549. The summed E-state index contributed by atoms with van der Waals surface area (Å²) >= 11 is 0. The van der Waals surface area contributed by atoms with Gasteiger partial charge in [-0.05, 0) is 37.0 Å². The zero-order valence-corrected chi connectivity index (χ0v) is 12.9. The van der Waals surface area contributed by atoms with Gasteiger partial charge in [0.25, 0.3) is 0 Å². The van der Waals surface area contributed by atoms with E-state index in [1.807, 2.05) is 0 Å². The van der Waals surface area contributed by atoms with Crippen molar-refractivity contribution in [2.75, 3.05) is 19.8 Å². The minimum absolute atomic E-state index is 0.212. The van der Waals surface area contributed by atoms with Crippen LogP contribution < -0.4 is 0 Å². The van der Waals surface area contributed by atoms with Gasteiger partial charge in [0.2, 0.25) is 0 Å². The van der Waals surface area contributed by atoms with E-state index in [0.717, 1.165) is 19.3 Å². The first-order valence-electron chi connectivity index (χ1n) is 7.27. The minimum atomic E-state index is -0.298. The fourth-order valence-electron chi connectivity index (χ4n) is 2.82. The molecule has 1 saturated carbocycles. The summed E-state index contributed by atoms with van der Waals surface area (Å²) in [7, 11) is 0. The number of carbonyl (C=O) groups is 3. The molecule has 0 aromatic carbocycles. The third kappa shape index (κ3) is 7.68. The Kier molecular flexibility index (Phi) is 7.19. The lowest BCUT2D eigenvalue weighted by molar-refractivity contribution is -0.145. The van der Waals surface area contributed by atoms with Crippen molar-refractivity contribution in [2.45, 2.75) is 40.0 Å². The Morgan fingerprint density at radius 3 is 1.10 bits per heavy atom. The van der Waals surface area contributed by atoms with Gasteiger partial charge in [-0.3, -0.25) is 14.4 Å². The average molecular weight is 300 g/mol. The van der Waals surface area contributed by atoms with Gasteiger partial charge in [0.1, 0.15) is 0 Å². The molecule has 6 nitrogen and oxygen atoms in total. The lowest BCUT2D eigenvalue weighted by atomic mass is 9.76. The molecule has 6 heteroatoms. The Hall–Kier alpha value is -1.59. The van der Waals surface area contributed by atoms with E-state index < -0.39 is 0 Å². The van der Waals surface area contributed by atoms with E-state index in [0.29, 0.717) is 19.8 Å². The first-order chi connectivity index (χ1) is 9.86. The highest BCUT2D eigenvalue weighted by atomic mass is 16.5. The summed E-state index contributed by atoms with van der Waals surface area (Å²) in [5, 5.41) is 0. The van der Waals surface area contributed by atoms with Crippen molar-refractivity contribution in [2.24, 2.45) is 17.8 Å². The molecular weight excluding hydrogens is 276 g/mol. The first kappa shape index (κ1) is 17.5. The molecule has 120 valence electrons. The Balaban J connectivity index is 2.52. The fourth-order valence-corrected chi connectivity index (χ4v) is 2.82. The lowest BCUT2D eigenvalue weighted by Gasteiger charge is -2.34. The summed E-state index contributed by atoms with van der Waals surface area (Å²) in [6.45, 7) is 5.24. The van der Waals surface area contributed by atoms with E-state index >= 15 is 0 Å². The molecule has 0 atom stereocenters. The van der Waals surface area contributed by atoms with Crippen molar-refractivity contribution >= 4 is 17.9 Å². The molecule has 0 aromatic heterocycles. The maximum absolute atomic E-state index is 10.9. The highest BCUT2D eigenvalue weighted by molar-refractivity contribution is 5.66. The van der Waals surface area contributed by atoms with E-state index in [9.17, 15) is 14.4 Å². The minimum Gasteiger partial charge on any atom is -0.466 e. The number of ether oxygens (including phenoxy) is 3. The van der Waals surface area contributed by atoms with Crippen molar-refractivity contribution in [1.29, 1.82) is 0 Å². The third-order valence-corrected chi connectivity index (χ3v) is 3.57. The van der Waals surface area contributed by atoms with E-state index in [2.05, 4.69) is 0 Å². The molecular formula is C15H24O6. The molecule has 1 aliphatic rings. The summed E-state index contributed by atoms with van der Waals surface area (Å²) in [6.07, 6.45) is 2.53. The van der Waals surface area contributed by atoms with Crippen LogP contribution in [0.1, 0.15) is 40.0 Å². The van der Waals surface area contributed by atoms with Gasteiger partial charge < -0.3 is 14.2 Å². The van der Waals surface area contributed by atoms with Crippen LogP contribution in [0.5, 0.6) is 0 Å². The zero-order valence-electron chi connectivity index (χ0n) is 12.9. The molecule has 0 amide bonds. The topological polar surface area (TPSA) is 78.9 Å². The van der Waals surface area contributed by atoms with Gasteiger partial charge in [-0.15, -0.1) is 0 Å². The molecule has 0 N–H and O–H groups in total. The molecule has 0 heterocycles. The highest BCUT2D eigenvalue weighted by Gasteiger charge is 2.30. The maximum Gasteiger partial charge on any atom is 0.302 e. The van der Waals surface area contributed by atoms with Gasteiger partial charge >= 0.3 is 17.9 Å². The van der Waals surface area contributed by atoms with E-state index in [-0.39, 0.29) is 35.7 Å². The Labute approximate surface area is 125 Å². The zero-order chi connectivity index (χ0) is 15.8. The number of rotatable bonds is 6. The van der Waals surface area contributed by atoms with Crippen LogP contribution in [0.25, 0.3) is 0 Å². The van der Waals surface area contributed by atoms with Gasteiger partial charge in [-0.1, -0.05) is 0 Å². The van der Waals surface area contributed by atoms with E-state index in [1.165, 1.54) is 20.8 Å². The molecule has 0 unspecified atom stereocenters. The van der Waals surface area contributed by atoms with Crippen molar-refractivity contribution < 1.29 is 28.6 Å². The second-order valence-electron chi connectivity index (χ2n) is 5.71. The first-order valence-corrected chi connectivity index (χ1v) is 7.27. The highest BCUT2D eigenvalue weighted by Crippen LogP contribution is 2.34. The molecule has 0 bridgehead atoms. The van der Waals surface area contributed by atoms with Gasteiger partial charge in [0.05, 0.1) is 19.8 Å². The van der Waals surface area contributed by atoms with Crippen molar-refractivity contribution in [3.63, 3.8) is 0 Å². The summed E-state index contributed by atoms with van der Waals surface area (Å²) < 4.78 is 15.2. The smallest absolute Gasteiger partial charge is 0.302 e. The van der Waals surface area contributed by atoms with Crippen LogP contribution in [0.15, 0.2) is 0 Å². The number of hydrogen-bond donors (Lipinski definition) is 0. The Morgan fingerprint density at radius 1 is 0.667 bits per heavy atom. The van der Waals surface area contributed by atoms with Crippen molar-refractivity contribution in [3.05, 3.63) is 0 Å². The number of carbonyl (C=O) groups excluding carboxylic acids is 3. The summed E-state index contributed by atoms with van der Waals surface area (Å²) in [4.78, 5) is 32.8. The molecule has 1 rings (SSSR count). The van der Waals surface area contributed by atoms with Crippen LogP contribution in [0.4, 0.5) is 0 Å². The fraction of sp³-hybridized carbons (Fsp3) is 0.800. The lowest BCUT2D eigenvalue weighted by Crippen LogP contribution is -2.31. The van der Waals surface area contributed by atoms with Crippen molar-refractivity contribution in [1.82, 2.24) is 0 Å². The molecule has 0 radical (unpaired) electrons. The number of hydrogen-bond acceptors (Lipinski definition) is 6. The Bertz CT molecular complexity index is 315. The SMILES string of the molecule is CC(=O)OCC1CC(COC(C)=O)CC(COC(C)=O)C1. The predicted molar refractivity (Wildman–Crippen MR) is 74.2 cm³/mol. The summed E-state index contributed by atoms with van der Waals surface area (Å²) in [5.74, 6) is -0.257. The normalized spacial score (nSPS) is 25.0. The van der Waals surface area contributed by atoms with E-state index in [4.69, 9.17) is 14.2 Å². The molecule has 0 spiro atoms.